The number of nitrogens with one attached hydrogen (secondary N) is 1. The molecule has 4 rings (SSSR count). The van der Waals surface area contributed by atoms with E-state index >= 15 is 0 Å². The van der Waals surface area contributed by atoms with Crippen LogP contribution in [0.2, 0.25) is 0 Å². The molecule has 4 aromatic carbocycles. The molecule has 0 saturated carbocycles. The van der Waals surface area contributed by atoms with Crippen LogP contribution in [-0.4, -0.2) is 31.8 Å². The van der Waals surface area contributed by atoms with E-state index < -0.39 is 11.9 Å². The number of hydrogen-bond donors (Lipinski definition) is 1. The highest BCUT2D eigenvalue weighted by Gasteiger charge is 2.13. The third-order valence-electron chi connectivity index (χ3n) is 4.94. The Hall–Kier alpha value is -4.17. The quantitative estimate of drug-likeness (QED) is 0.143. The fourth-order valence-corrected chi connectivity index (χ4v) is 3.64. The van der Waals surface area contributed by atoms with E-state index in [9.17, 15) is 9.59 Å². The monoisotopic (exact) mass is 532 g/mol. The average molecular weight is 533 g/mol. The van der Waals surface area contributed by atoms with Crippen molar-refractivity contribution in [1.29, 1.82) is 0 Å². The number of fused-ring (bicyclic) bond motifs is 1. The van der Waals surface area contributed by atoms with Crippen molar-refractivity contribution in [2.45, 2.75) is 0 Å². The summed E-state index contributed by atoms with van der Waals surface area (Å²) in [4.78, 5) is 24.5. The minimum Gasteiger partial charge on any atom is -0.493 e. The van der Waals surface area contributed by atoms with Crippen LogP contribution in [0.25, 0.3) is 10.8 Å². The van der Waals surface area contributed by atoms with Crippen LogP contribution in [0.5, 0.6) is 17.2 Å². The van der Waals surface area contributed by atoms with Gasteiger partial charge in [0.05, 0.1) is 18.9 Å². The summed E-state index contributed by atoms with van der Waals surface area (Å²) in [6.07, 6.45) is 1.45. The molecule has 0 saturated heterocycles. The molecule has 0 radical (unpaired) electrons. The third-order valence-corrected chi connectivity index (χ3v) is 5.44. The van der Waals surface area contributed by atoms with Crippen LogP contribution in [0, 0.1) is 0 Å². The first-order valence-corrected chi connectivity index (χ1v) is 11.4. The van der Waals surface area contributed by atoms with Crippen molar-refractivity contribution >= 4 is 44.8 Å². The molecule has 0 spiro atoms. The van der Waals surface area contributed by atoms with E-state index in [-0.39, 0.29) is 12.4 Å². The lowest BCUT2D eigenvalue weighted by Gasteiger charge is -2.10. The zero-order valence-corrected chi connectivity index (χ0v) is 20.3. The average Bonchev–Trinajstić information content (AvgIpc) is 2.88. The van der Waals surface area contributed by atoms with E-state index in [1.807, 2.05) is 48.5 Å². The second kappa shape index (κ2) is 11.3. The van der Waals surface area contributed by atoms with Crippen LogP contribution in [-0.2, 0) is 4.79 Å². The molecule has 0 fully saturated rings. The highest BCUT2D eigenvalue weighted by molar-refractivity contribution is 9.10. The fourth-order valence-electron chi connectivity index (χ4n) is 3.24. The molecule has 176 valence electrons. The number of carbonyl (C=O) groups is 2. The van der Waals surface area contributed by atoms with E-state index in [0.29, 0.717) is 22.6 Å². The van der Waals surface area contributed by atoms with Crippen LogP contribution in [0.15, 0.2) is 94.5 Å². The number of hydrogen-bond acceptors (Lipinski definition) is 6. The number of nitrogens with zero attached hydrogens (tertiary/aromatic N) is 1. The summed E-state index contributed by atoms with van der Waals surface area (Å²) < 4.78 is 17.1. The summed E-state index contributed by atoms with van der Waals surface area (Å²) >= 11 is 3.33. The fraction of sp³-hybridized carbons (Fsp3) is 0.0741. The van der Waals surface area contributed by atoms with Crippen LogP contribution in [0.1, 0.15) is 15.9 Å². The van der Waals surface area contributed by atoms with Gasteiger partial charge in [0.25, 0.3) is 5.91 Å². The van der Waals surface area contributed by atoms with E-state index in [1.165, 1.54) is 13.3 Å². The lowest BCUT2D eigenvalue weighted by molar-refractivity contribution is -0.123. The SMILES string of the molecule is COc1cc(/C=N\NC(=O)COc2ccc3ccccc3c2)ccc1OC(=O)c1cccc(Br)c1. The summed E-state index contributed by atoms with van der Waals surface area (Å²) in [5.74, 6) is 0.303. The molecule has 0 atom stereocenters. The van der Waals surface area contributed by atoms with E-state index in [2.05, 4.69) is 26.5 Å². The number of benzene rings is 4. The number of carbonyl (C=O) groups excluding carboxylic acids is 2. The van der Waals surface area contributed by atoms with E-state index in [0.717, 1.165) is 15.2 Å². The minimum atomic E-state index is -0.510. The maximum Gasteiger partial charge on any atom is 0.343 e. The van der Waals surface area contributed by atoms with Crippen molar-refractivity contribution in [1.82, 2.24) is 5.43 Å². The van der Waals surface area contributed by atoms with Crippen molar-refractivity contribution < 1.29 is 23.8 Å². The van der Waals surface area contributed by atoms with Gasteiger partial charge in [-0.15, -0.1) is 0 Å². The predicted molar refractivity (Wildman–Crippen MR) is 137 cm³/mol. The summed E-state index contributed by atoms with van der Waals surface area (Å²) in [7, 11) is 1.47. The van der Waals surface area contributed by atoms with Crippen LogP contribution < -0.4 is 19.6 Å². The van der Waals surface area contributed by atoms with Crippen LogP contribution in [0.4, 0.5) is 0 Å². The molecule has 1 N–H and O–H groups in total. The first-order valence-electron chi connectivity index (χ1n) is 10.6. The summed E-state index contributed by atoms with van der Waals surface area (Å²) in [6, 6.07) is 25.4. The standard InChI is InChI=1S/C27H21BrN2O5/c1-33-25-13-18(9-12-24(25)35-27(32)21-7-4-8-22(28)14-21)16-29-30-26(31)17-34-23-11-10-19-5-2-3-6-20(19)15-23/h2-16H,17H2,1H3,(H,30,31)/b29-16-. The first kappa shape index (κ1) is 24.0. The highest BCUT2D eigenvalue weighted by Crippen LogP contribution is 2.28. The number of ether oxygens (including phenoxy) is 3. The molecule has 8 heteroatoms. The molecule has 0 aromatic heterocycles. The van der Waals surface area contributed by atoms with Gasteiger partial charge in [-0.2, -0.15) is 5.10 Å². The van der Waals surface area contributed by atoms with Gasteiger partial charge in [-0.3, -0.25) is 4.79 Å². The van der Waals surface area contributed by atoms with Crippen molar-refractivity contribution in [2.75, 3.05) is 13.7 Å². The van der Waals surface area contributed by atoms with Gasteiger partial charge in [0.2, 0.25) is 0 Å². The summed E-state index contributed by atoms with van der Waals surface area (Å²) in [6.45, 7) is -0.177. The van der Waals surface area contributed by atoms with Gasteiger partial charge in [0, 0.05) is 4.47 Å². The smallest absolute Gasteiger partial charge is 0.343 e. The maximum absolute atomic E-state index is 12.4. The van der Waals surface area contributed by atoms with Gasteiger partial charge in [0.15, 0.2) is 18.1 Å². The van der Waals surface area contributed by atoms with Crippen LogP contribution >= 0.6 is 15.9 Å². The number of methoxy groups -OCH3 is 1. The lowest BCUT2D eigenvalue weighted by atomic mass is 10.1. The van der Waals surface area contributed by atoms with E-state index in [4.69, 9.17) is 14.2 Å². The zero-order valence-electron chi connectivity index (χ0n) is 18.7. The Morgan fingerprint density at radius 1 is 0.914 bits per heavy atom. The molecular weight excluding hydrogens is 512 g/mol. The van der Waals surface area contributed by atoms with Crippen molar-refractivity contribution in [2.24, 2.45) is 5.10 Å². The molecule has 0 heterocycles. The van der Waals surface area contributed by atoms with Crippen LogP contribution in [0.3, 0.4) is 0 Å². The zero-order chi connectivity index (χ0) is 24.6. The maximum atomic E-state index is 12.4. The summed E-state index contributed by atoms with van der Waals surface area (Å²) in [5, 5.41) is 6.08. The molecule has 7 nitrogen and oxygen atoms in total. The Bertz CT molecular complexity index is 1400. The van der Waals surface area contributed by atoms with Gasteiger partial charge in [-0.25, -0.2) is 10.2 Å². The Labute approximate surface area is 210 Å². The molecule has 0 unspecified atom stereocenters. The molecule has 35 heavy (non-hydrogen) atoms. The predicted octanol–water partition coefficient (Wildman–Crippen LogP) is 5.36. The number of hydrazone groups is 1. The minimum absolute atomic E-state index is 0.177. The highest BCUT2D eigenvalue weighted by atomic mass is 79.9. The number of halogens is 1. The Morgan fingerprint density at radius 2 is 1.74 bits per heavy atom. The normalized spacial score (nSPS) is 10.8. The van der Waals surface area contributed by atoms with Gasteiger partial charge >= 0.3 is 5.97 Å². The Kier molecular flexibility index (Phi) is 7.74. The van der Waals surface area contributed by atoms with Gasteiger partial charge in [-0.05, 0) is 64.9 Å². The molecule has 0 aliphatic rings. The Balaban J connectivity index is 1.32. The largest absolute Gasteiger partial charge is 0.493 e. The van der Waals surface area contributed by atoms with Gasteiger partial charge in [0.1, 0.15) is 5.75 Å². The number of esters is 1. The Morgan fingerprint density at radius 3 is 2.54 bits per heavy atom. The topological polar surface area (TPSA) is 86.2 Å². The molecule has 1 amide bonds. The molecule has 0 aliphatic carbocycles. The summed E-state index contributed by atoms with van der Waals surface area (Å²) in [5.41, 5.74) is 3.47. The van der Waals surface area contributed by atoms with Crippen molar-refractivity contribution in [3.05, 3.63) is 101 Å². The third kappa shape index (κ3) is 6.45. The second-order valence-corrected chi connectivity index (χ2v) is 8.32. The van der Waals surface area contributed by atoms with Crippen molar-refractivity contribution in [3.63, 3.8) is 0 Å². The first-order chi connectivity index (χ1) is 17.0. The van der Waals surface area contributed by atoms with Gasteiger partial charge in [-0.1, -0.05) is 52.3 Å². The van der Waals surface area contributed by atoms with Crippen molar-refractivity contribution in [3.8, 4) is 17.2 Å². The molecule has 4 aromatic rings. The number of rotatable bonds is 8. The van der Waals surface area contributed by atoms with Gasteiger partial charge < -0.3 is 14.2 Å². The second-order valence-electron chi connectivity index (χ2n) is 7.40. The van der Waals surface area contributed by atoms with E-state index in [1.54, 1.807) is 36.4 Å². The number of amides is 1. The molecule has 0 bridgehead atoms. The molecule has 0 aliphatic heterocycles. The lowest BCUT2D eigenvalue weighted by Crippen LogP contribution is -2.24. The molecular formula is C27H21BrN2O5.